The number of methoxy groups -OCH3 is 2. The summed E-state index contributed by atoms with van der Waals surface area (Å²) < 4.78 is 16.8. The minimum absolute atomic E-state index is 0.110. The summed E-state index contributed by atoms with van der Waals surface area (Å²) in [6, 6.07) is 19.4. The number of ether oxygens (including phenoxy) is 3. The van der Waals surface area contributed by atoms with Crippen LogP contribution in [0.15, 0.2) is 66.9 Å². The first-order valence-corrected chi connectivity index (χ1v) is 12.5. The van der Waals surface area contributed by atoms with Crippen molar-refractivity contribution in [3.05, 3.63) is 72.4 Å². The molecule has 4 aromatic rings. The zero-order valence-electron chi connectivity index (χ0n) is 21.8. The summed E-state index contributed by atoms with van der Waals surface area (Å²) in [5.41, 5.74) is 4.41. The van der Waals surface area contributed by atoms with E-state index < -0.39 is 0 Å². The van der Waals surface area contributed by atoms with E-state index in [0.717, 1.165) is 52.6 Å². The highest BCUT2D eigenvalue weighted by atomic mass is 16.5. The van der Waals surface area contributed by atoms with Gasteiger partial charge in [-0.1, -0.05) is 12.1 Å². The zero-order chi connectivity index (χ0) is 26.5. The van der Waals surface area contributed by atoms with Crippen molar-refractivity contribution in [2.75, 3.05) is 50.6 Å². The van der Waals surface area contributed by atoms with E-state index in [1.54, 1.807) is 27.3 Å². The van der Waals surface area contributed by atoms with Crippen molar-refractivity contribution in [2.24, 2.45) is 0 Å². The smallest absolute Gasteiger partial charge is 0.219 e. The Morgan fingerprint density at radius 1 is 0.868 bits per heavy atom. The molecule has 1 N–H and O–H groups in total. The van der Waals surface area contributed by atoms with Crippen LogP contribution in [0.1, 0.15) is 12.5 Å². The molecule has 1 aromatic heterocycles. The third-order valence-electron chi connectivity index (χ3n) is 6.58. The van der Waals surface area contributed by atoms with E-state index in [4.69, 9.17) is 19.2 Å². The predicted octanol–water partition coefficient (Wildman–Crippen LogP) is 4.64. The van der Waals surface area contributed by atoms with Crippen molar-refractivity contribution in [1.29, 1.82) is 0 Å². The average Bonchev–Trinajstić information content (AvgIpc) is 2.96. The topological polar surface area (TPSA) is 89.1 Å². The number of nitrogens with zero attached hydrogens (tertiary/aromatic N) is 4. The minimum atomic E-state index is 0.110. The lowest BCUT2D eigenvalue weighted by molar-refractivity contribution is -0.129. The molecule has 2 heterocycles. The molecule has 1 amide bonds. The Morgan fingerprint density at radius 3 is 2.32 bits per heavy atom. The molecule has 9 heteroatoms. The van der Waals surface area contributed by atoms with Crippen LogP contribution < -0.4 is 24.4 Å². The number of hydrogen-bond donors (Lipinski definition) is 1. The van der Waals surface area contributed by atoms with Crippen molar-refractivity contribution in [2.45, 2.75) is 13.5 Å². The number of carbonyl (C=O) groups is 1. The Labute approximate surface area is 222 Å². The first-order valence-electron chi connectivity index (χ1n) is 12.5. The minimum Gasteiger partial charge on any atom is -0.497 e. The second kappa shape index (κ2) is 11.2. The first kappa shape index (κ1) is 25.1. The quantitative estimate of drug-likeness (QED) is 0.365. The zero-order valence-corrected chi connectivity index (χ0v) is 21.8. The lowest BCUT2D eigenvalue weighted by atomic mass is 10.2. The van der Waals surface area contributed by atoms with E-state index in [1.165, 1.54) is 0 Å². The number of benzene rings is 3. The first-order chi connectivity index (χ1) is 18.5. The maximum absolute atomic E-state index is 11.6. The second-order valence-electron chi connectivity index (χ2n) is 9.05. The van der Waals surface area contributed by atoms with Gasteiger partial charge in [0.05, 0.1) is 31.4 Å². The van der Waals surface area contributed by atoms with Crippen LogP contribution in [0.3, 0.4) is 0 Å². The Morgan fingerprint density at radius 2 is 1.61 bits per heavy atom. The number of carbonyl (C=O) groups excluding carboxylic acids is 1. The number of piperazine rings is 1. The fourth-order valence-corrected chi connectivity index (χ4v) is 4.40. The molecule has 0 atom stereocenters. The molecule has 0 spiro atoms. The number of anilines is 3. The maximum atomic E-state index is 11.6. The fraction of sp³-hybridized carbons (Fsp3) is 0.276. The SMILES string of the molecule is COc1ccc(COc2ccc(Nc3ccc4ncc(N5CCN(C(C)=O)CC5)nc4c3)cc2OC)cc1. The summed E-state index contributed by atoms with van der Waals surface area (Å²) in [5.74, 6) is 3.03. The van der Waals surface area contributed by atoms with Gasteiger partial charge in [-0.05, 0) is 48.0 Å². The highest BCUT2D eigenvalue weighted by Crippen LogP contribution is 2.33. The number of fused-ring (bicyclic) bond motifs is 1. The molecule has 3 aromatic carbocycles. The fourth-order valence-electron chi connectivity index (χ4n) is 4.40. The molecule has 1 fully saturated rings. The monoisotopic (exact) mass is 513 g/mol. The number of nitrogens with one attached hydrogen (secondary N) is 1. The molecule has 0 saturated carbocycles. The van der Waals surface area contributed by atoms with Gasteiger partial charge in [0.25, 0.3) is 0 Å². The van der Waals surface area contributed by atoms with Gasteiger partial charge in [0.2, 0.25) is 5.91 Å². The summed E-state index contributed by atoms with van der Waals surface area (Å²) in [7, 11) is 3.28. The van der Waals surface area contributed by atoms with Gasteiger partial charge >= 0.3 is 0 Å². The van der Waals surface area contributed by atoms with Gasteiger partial charge in [-0.2, -0.15) is 0 Å². The van der Waals surface area contributed by atoms with Crippen molar-refractivity contribution >= 4 is 34.1 Å². The molecule has 0 unspecified atom stereocenters. The third kappa shape index (κ3) is 5.72. The summed E-state index contributed by atoms with van der Waals surface area (Å²) in [4.78, 5) is 25.1. The molecule has 9 nitrogen and oxygen atoms in total. The van der Waals surface area contributed by atoms with Crippen molar-refractivity contribution in [1.82, 2.24) is 14.9 Å². The van der Waals surface area contributed by atoms with E-state index in [2.05, 4.69) is 15.2 Å². The van der Waals surface area contributed by atoms with Gasteiger partial charge in [0, 0.05) is 50.5 Å². The van der Waals surface area contributed by atoms with Crippen LogP contribution in [0, 0.1) is 0 Å². The van der Waals surface area contributed by atoms with Gasteiger partial charge < -0.3 is 29.3 Å². The molecule has 5 rings (SSSR count). The molecule has 1 aliphatic rings. The van der Waals surface area contributed by atoms with Crippen LogP contribution in [-0.4, -0.2) is 61.2 Å². The Balaban J connectivity index is 1.27. The molecule has 0 radical (unpaired) electrons. The summed E-state index contributed by atoms with van der Waals surface area (Å²) in [5, 5.41) is 3.43. The van der Waals surface area contributed by atoms with Crippen LogP contribution in [0.2, 0.25) is 0 Å². The normalized spacial score (nSPS) is 13.3. The molecule has 1 saturated heterocycles. The van der Waals surface area contributed by atoms with Gasteiger partial charge in [-0.15, -0.1) is 0 Å². The Bertz CT molecular complexity index is 1420. The summed E-state index contributed by atoms with van der Waals surface area (Å²) >= 11 is 0. The molecular weight excluding hydrogens is 482 g/mol. The number of rotatable bonds is 8. The number of hydrogen-bond acceptors (Lipinski definition) is 8. The van der Waals surface area contributed by atoms with Crippen LogP contribution >= 0.6 is 0 Å². The molecular formula is C29H31N5O4. The summed E-state index contributed by atoms with van der Waals surface area (Å²) in [6.07, 6.45) is 1.80. The van der Waals surface area contributed by atoms with Gasteiger partial charge in [0.15, 0.2) is 11.5 Å². The molecule has 196 valence electrons. The van der Waals surface area contributed by atoms with E-state index in [-0.39, 0.29) is 5.91 Å². The highest BCUT2D eigenvalue weighted by molar-refractivity contribution is 5.81. The van der Waals surface area contributed by atoms with E-state index in [0.29, 0.717) is 31.2 Å². The van der Waals surface area contributed by atoms with Crippen molar-refractivity contribution < 1.29 is 19.0 Å². The maximum Gasteiger partial charge on any atom is 0.219 e. The number of aromatic nitrogens is 2. The standard InChI is InChI=1S/C29H31N5O4/c1-20(35)33-12-14-34(15-13-33)29-18-30-25-10-6-22(16-26(25)32-29)31-23-7-11-27(28(17-23)37-3)38-19-21-4-8-24(36-2)9-5-21/h4-11,16-18,31H,12-15,19H2,1-3H3. The van der Waals surface area contributed by atoms with Gasteiger partial charge in [-0.25, -0.2) is 4.98 Å². The van der Waals surface area contributed by atoms with Crippen molar-refractivity contribution in [3.63, 3.8) is 0 Å². The van der Waals surface area contributed by atoms with Crippen LogP contribution in [-0.2, 0) is 11.4 Å². The summed E-state index contributed by atoms with van der Waals surface area (Å²) in [6.45, 7) is 4.90. The molecule has 1 aliphatic heterocycles. The Kier molecular flexibility index (Phi) is 7.44. The second-order valence-corrected chi connectivity index (χ2v) is 9.05. The van der Waals surface area contributed by atoms with E-state index >= 15 is 0 Å². The van der Waals surface area contributed by atoms with Gasteiger partial charge in [0.1, 0.15) is 18.2 Å². The lowest BCUT2D eigenvalue weighted by Crippen LogP contribution is -2.48. The molecule has 0 bridgehead atoms. The molecule has 38 heavy (non-hydrogen) atoms. The van der Waals surface area contributed by atoms with Crippen LogP contribution in [0.25, 0.3) is 11.0 Å². The average molecular weight is 514 g/mol. The van der Waals surface area contributed by atoms with Crippen molar-refractivity contribution in [3.8, 4) is 17.2 Å². The van der Waals surface area contributed by atoms with Crippen LogP contribution in [0.5, 0.6) is 17.2 Å². The van der Waals surface area contributed by atoms with E-state index in [1.807, 2.05) is 65.6 Å². The Hall–Kier alpha value is -4.53. The lowest BCUT2D eigenvalue weighted by Gasteiger charge is -2.34. The van der Waals surface area contributed by atoms with E-state index in [9.17, 15) is 4.79 Å². The largest absolute Gasteiger partial charge is 0.497 e. The van der Waals surface area contributed by atoms with Crippen LogP contribution in [0.4, 0.5) is 17.2 Å². The third-order valence-corrected chi connectivity index (χ3v) is 6.58. The number of amides is 1. The predicted molar refractivity (Wildman–Crippen MR) is 148 cm³/mol. The molecule has 0 aliphatic carbocycles. The highest BCUT2D eigenvalue weighted by Gasteiger charge is 2.20. The van der Waals surface area contributed by atoms with Gasteiger partial charge in [-0.3, -0.25) is 9.78 Å².